The number of anilines is 2. The number of alkyl halides is 2. The summed E-state index contributed by atoms with van der Waals surface area (Å²) in [5.41, 5.74) is 14.1. The van der Waals surface area contributed by atoms with E-state index >= 15 is 0 Å². The molecule has 4 rings (SSSR count). The van der Waals surface area contributed by atoms with E-state index in [-0.39, 0.29) is 17.2 Å². The van der Waals surface area contributed by atoms with Crippen molar-refractivity contribution in [3.8, 4) is 0 Å². The lowest BCUT2D eigenvalue weighted by Crippen LogP contribution is -2.28. The number of carbonyl (C=O) groups excluding carboxylic acids is 1. The number of benzene rings is 1. The smallest absolute Gasteiger partial charge is 0.269 e. The first-order chi connectivity index (χ1) is 16.0. The summed E-state index contributed by atoms with van der Waals surface area (Å²) in [6.45, 7) is 0.549. The molecule has 5 N–H and O–H groups in total. The number of hydrogen-bond donors (Lipinski definition) is 3. The molecule has 9 heteroatoms. The molecule has 0 unspecified atom stereocenters. The molecule has 1 amide bonds. The minimum absolute atomic E-state index is 0.157. The molecular formula is C24H24F2N6O. The molecular weight excluding hydrogens is 426 g/mol. The van der Waals surface area contributed by atoms with Gasteiger partial charge in [0.1, 0.15) is 11.2 Å². The topological polar surface area (TPSA) is 110 Å². The standard InChI is InChI=1S/C24H24F2N6O/c1-29-24(33)19-11-15-4-2-8-30-21(15)23(31-19)32-9-3-5-14-10-17(16(13-28)6-7-27)18(22(25)26)12-20(14)32/h2,4,6-8,10-13,22H,3,5,9,27-28H2,1H3,(H,29,33)/b7-6-,16-13+. The third-order valence-electron chi connectivity index (χ3n) is 5.66. The summed E-state index contributed by atoms with van der Waals surface area (Å²) in [7, 11) is 1.53. The first-order valence-corrected chi connectivity index (χ1v) is 10.5. The lowest BCUT2D eigenvalue weighted by atomic mass is 9.92. The van der Waals surface area contributed by atoms with Crippen LogP contribution >= 0.6 is 0 Å². The number of aryl methyl sites for hydroxylation is 1. The summed E-state index contributed by atoms with van der Waals surface area (Å²) in [4.78, 5) is 23.3. The van der Waals surface area contributed by atoms with Crippen molar-refractivity contribution in [1.29, 1.82) is 0 Å². The first-order valence-electron chi connectivity index (χ1n) is 10.5. The number of nitrogens with one attached hydrogen (secondary N) is 1. The summed E-state index contributed by atoms with van der Waals surface area (Å²) in [5.74, 6) is 0.117. The van der Waals surface area contributed by atoms with Crippen molar-refractivity contribution in [3.05, 3.63) is 77.4 Å². The lowest BCUT2D eigenvalue weighted by molar-refractivity contribution is 0.0958. The van der Waals surface area contributed by atoms with Gasteiger partial charge in [-0.15, -0.1) is 0 Å². The largest absolute Gasteiger partial charge is 0.405 e. The first kappa shape index (κ1) is 22.2. The van der Waals surface area contributed by atoms with Gasteiger partial charge in [0.15, 0.2) is 5.82 Å². The van der Waals surface area contributed by atoms with Crippen LogP contribution in [0.25, 0.3) is 16.5 Å². The molecule has 0 bridgehead atoms. The van der Waals surface area contributed by atoms with Gasteiger partial charge >= 0.3 is 0 Å². The van der Waals surface area contributed by atoms with E-state index in [0.29, 0.717) is 41.1 Å². The lowest BCUT2D eigenvalue weighted by Gasteiger charge is -2.32. The van der Waals surface area contributed by atoms with Crippen LogP contribution < -0.4 is 21.7 Å². The molecule has 0 saturated carbocycles. The minimum Gasteiger partial charge on any atom is -0.405 e. The maximum absolute atomic E-state index is 14.1. The van der Waals surface area contributed by atoms with E-state index in [1.807, 2.05) is 11.0 Å². The molecule has 7 nitrogen and oxygen atoms in total. The Hall–Kier alpha value is -4.01. The number of halogens is 2. The second kappa shape index (κ2) is 9.23. The summed E-state index contributed by atoms with van der Waals surface area (Å²) in [6, 6.07) is 8.50. The van der Waals surface area contributed by atoms with Crippen molar-refractivity contribution in [3.63, 3.8) is 0 Å². The van der Waals surface area contributed by atoms with Gasteiger partial charge in [-0.3, -0.25) is 9.78 Å². The highest BCUT2D eigenvalue weighted by Gasteiger charge is 2.27. The van der Waals surface area contributed by atoms with Crippen molar-refractivity contribution in [1.82, 2.24) is 15.3 Å². The monoisotopic (exact) mass is 450 g/mol. The fraction of sp³-hybridized carbons (Fsp3) is 0.208. The SMILES string of the molecule is CNC(=O)c1cc2cccnc2c(N2CCCc3cc(C(/C=C\N)=C/N)c(C(F)F)cc32)n1. The Bertz CT molecular complexity index is 1270. The molecule has 33 heavy (non-hydrogen) atoms. The number of allylic oxidation sites excluding steroid dienone is 2. The van der Waals surface area contributed by atoms with Crippen molar-refractivity contribution >= 4 is 33.9 Å². The van der Waals surface area contributed by atoms with Crippen molar-refractivity contribution < 1.29 is 13.6 Å². The summed E-state index contributed by atoms with van der Waals surface area (Å²) in [5, 5.41) is 3.32. The van der Waals surface area contributed by atoms with Crippen LogP contribution in [0.4, 0.5) is 20.3 Å². The van der Waals surface area contributed by atoms with Gasteiger partial charge in [0.05, 0.1) is 0 Å². The number of nitrogens with two attached hydrogens (primary N) is 2. The number of amides is 1. The quantitative estimate of drug-likeness (QED) is 0.510. The van der Waals surface area contributed by atoms with Crippen molar-refractivity contribution in [2.24, 2.45) is 11.5 Å². The van der Waals surface area contributed by atoms with Gasteiger partial charge in [0.25, 0.3) is 12.3 Å². The van der Waals surface area contributed by atoms with Gasteiger partial charge < -0.3 is 21.7 Å². The number of carbonyl (C=O) groups is 1. The van der Waals surface area contributed by atoms with Gasteiger partial charge in [0, 0.05) is 42.6 Å². The van der Waals surface area contributed by atoms with Crippen LogP contribution in [-0.4, -0.2) is 29.5 Å². The molecule has 0 spiro atoms. The van der Waals surface area contributed by atoms with Crippen LogP contribution in [0.3, 0.4) is 0 Å². The molecule has 0 atom stereocenters. The number of fused-ring (bicyclic) bond motifs is 2. The highest BCUT2D eigenvalue weighted by Crippen LogP contribution is 2.41. The minimum atomic E-state index is -2.73. The van der Waals surface area contributed by atoms with E-state index in [0.717, 1.165) is 17.4 Å². The van der Waals surface area contributed by atoms with E-state index in [1.165, 1.54) is 31.6 Å². The molecule has 0 saturated heterocycles. The molecule has 0 fully saturated rings. The van der Waals surface area contributed by atoms with Crippen LogP contribution in [0.15, 0.2) is 55.0 Å². The maximum Gasteiger partial charge on any atom is 0.269 e. The molecule has 0 aliphatic carbocycles. The molecule has 1 aliphatic rings. The average Bonchev–Trinajstić information content (AvgIpc) is 2.84. The van der Waals surface area contributed by atoms with Crippen molar-refractivity contribution in [2.45, 2.75) is 19.3 Å². The van der Waals surface area contributed by atoms with E-state index in [4.69, 9.17) is 11.5 Å². The fourth-order valence-electron chi connectivity index (χ4n) is 4.14. The van der Waals surface area contributed by atoms with E-state index in [9.17, 15) is 13.6 Å². The van der Waals surface area contributed by atoms with E-state index in [1.54, 1.807) is 24.4 Å². The highest BCUT2D eigenvalue weighted by molar-refractivity contribution is 6.00. The Balaban J connectivity index is 1.95. The zero-order valence-corrected chi connectivity index (χ0v) is 18.1. The maximum atomic E-state index is 14.1. The zero-order chi connectivity index (χ0) is 23.5. The Morgan fingerprint density at radius 3 is 2.79 bits per heavy atom. The summed E-state index contributed by atoms with van der Waals surface area (Å²) in [6.07, 6.45) is 4.43. The molecule has 2 aromatic heterocycles. The van der Waals surface area contributed by atoms with Gasteiger partial charge in [0.2, 0.25) is 0 Å². The molecule has 1 aliphatic heterocycles. The number of hydrogen-bond acceptors (Lipinski definition) is 6. The zero-order valence-electron chi connectivity index (χ0n) is 18.1. The second-order valence-corrected chi connectivity index (χ2v) is 7.59. The van der Waals surface area contributed by atoms with E-state index in [2.05, 4.69) is 15.3 Å². The highest BCUT2D eigenvalue weighted by atomic mass is 19.3. The number of aromatic nitrogens is 2. The Labute approximate surface area is 189 Å². The number of rotatable bonds is 5. The Morgan fingerprint density at radius 1 is 1.27 bits per heavy atom. The molecule has 0 radical (unpaired) electrons. The van der Waals surface area contributed by atoms with Crippen LogP contribution in [0.1, 0.15) is 40.0 Å². The summed E-state index contributed by atoms with van der Waals surface area (Å²) >= 11 is 0. The van der Waals surface area contributed by atoms with Gasteiger partial charge in [-0.2, -0.15) is 0 Å². The predicted molar refractivity (Wildman–Crippen MR) is 125 cm³/mol. The average molecular weight is 450 g/mol. The van der Waals surface area contributed by atoms with Crippen LogP contribution in [0.2, 0.25) is 0 Å². The number of pyridine rings is 2. The second-order valence-electron chi connectivity index (χ2n) is 7.59. The molecule has 3 heterocycles. The normalized spacial score (nSPS) is 14.2. The Kier molecular flexibility index (Phi) is 6.21. The molecule has 170 valence electrons. The predicted octanol–water partition coefficient (Wildman–Crippen LogP) is 3.78. The summed E-state index contributed by atoms with van der Waals surface area (Å²) < 4.78 is 28.2. The van der Waals surface area contributed by atoms with Gasteiger partial charge in [-0.25, -0.2) is 13.8 Å². The van der Waals surface area contributed by atoms with Gasteiger partial charge in [-0.1, -0.05) is 6.07 Å². The fourth-order valence-corrected chi connectivity index (χ4v) is 4.14. The van der Waals surface area contributed by atoms with Crippen LogP contribution in [0, 0.1) is 0 Å². The van der Waals surface area contributed by atoms with Crippen molar-refractivity contribution in [2.75, 3.05) is 18.5 Å². The molecule has 1 aromatic carbocycles. The van der Waals surface area contributed by atoms with Gasteiger partial charge in [-0.05, 0) is 66.1 Å². The van der Waals surface area contributed by atoms with Crippen LogP contribution in [-0.2, 0) is 6.42 Å². The van der Waals surface area contributed by atoms with Crippen LogP contribution in [0.5, 0.6) is 0 Å². The third-order valence-corrected chi connectivity index (χ3v) is 5.66. The third kappa shape index (κ3) is 4.09. The number of nitrogens with zero attached hydrogens (tertiary/aromatic N) is 3. The Morgan fingerprint density at radius 2 is 2.09 bits per heavy atom. The van der Waals surface area contributed by atoms with E-state index < -0.39 is 6.43 Å². The molecule has 3 aromatic rings.